The third-order valence-electron chi connectivity index (χ3n) is 2.30. The Bertz CT molecular complexity index is 486. The summed E-state index contributed by atoms with van der Waals surface area (Å²) in [6.07, 6.45) is 0. The Morgan fingerprint density at radius 1 is 0.875 bits per heavy atom. The molecule has 0 aliphatic heterocycles. The van der Waals surface area contributed by atoms with Gasteiger partial charge in [0, 0.05) is 11.8 Å². The molecule has 2 aromatic rings. The van der Waals surface area contributed by atoms with Crippen LogP contribution in [0.3, 0.4) is 0 Å². The molecule has 0 fully saturated rings. The third kappa shape index (κ3) is 2.54. The normalized spacial score (nSPS) is 10.1. The molecule has 0 heterocycles. The Balaban J connectivity index is 2.27. The van der Waals surface area contributed by atoms with Crippen molar-refractivity contribution >= 4 is 5.69 Å². The molecule has 2 aromatic carbocycles. The topological polar surface area (TPSA) is 35.2 Å². The zero-order valence-corrected chi connectivity index (χ0v) is 9.53. The van der Waals surface area contributed by atoms with Gasteiger partial charge in [-0.3, -0.25) is 0 Å². The van der Waals surface area contributed by atoms with Crippen LogP contribution in [0.25, 0.3) is 0 Å². The molecule has 0 saturated carbocycles. The van der Waals surface area contributed by atoms with Crippen LogP contribution >= 0.6 is 0 Å². The van der Waals surface area contributed by atoms with Crippen molar-refractivity contribution in [2.45, 2.75) is 13.8 Å². The van der Waals surface area contributed by atoms with Gasteiger partial charge in [0.05, 0.1) is 0 Å². The molecule has 0 unspecified atom stereocenters. The third-order valence-corrected chi connectivity index (χ3v) is 2.30. The monoisotopic (exact) mass is 213 g/mol. The summed E-state index contributed by atoms with van der Waals surface area (Å²) in [5.41, 5.74) is 8.77. The minimum Gasteiger partial charge on any atom is -0.457 e. The molecule has 0 atom stereocenters. The van der Waals surface area contributed by atoms with Crippen molar-refractivity contribution in [3.8, 4) is 11.5 Å². The maximum Gasteiger partial charge on any atom is 0.129 e. The summed E-state index contributed by atoms with van der Waals surface area (Å²) in [5, 5.41) is 0. The van der Waals surface area contributed by atoms with E-state index in [1.54, 1.807) is 0 Å². The van der Waals surface area contributed by atoms with Crippen LogP contribution in [0.2, 0.25) is 0 Å². The number of nitrogens with two attached hydrogens (primary N) is 1. The molecule has 0 amide bonds. The van der Waals surface area contributed by atoms with Crippen molar-refractivity contribution in [2.24, 2.45) is 0 Å². The van der Waals surface area contributed by atoms with E-state index in [0.29, 0.717) is 0 Å². The second kappa shape index (κ2) is 4.27. The van der Waals surface area contributed by atoms with Crippen LogP contribution in [-0.4, -0.2) is 0 Å². The van der Waals surface area contributed by atoms with Gasteiger partial charge in [0.2, 0.25) is 0 Å². The first-order valence-electron chi connectivity index (χ1n) is 5.25. The lowest BCUT2D eigenvalue weighted by molar-refractivity contribution is 0.482. The molecular formula is C14H15NO. The average Bonchev–Trinajstić information content (AvgIpc) is 2.15. The first-order valence-corrected chi connectivity index (χ1v) is 5.25. The van der Waals surface area contributed by atoms with Gasteiger partial charge in [0.1, 0.15) is 11.5 Å². The molecule has 0 spiro atoms. The van der Waals surface area contributed by atoms with Crippen LogP contribution in [0.1, 0.15) is 11.1 Å². The lowest BCUT2D eigenvalue weighted by Gasteiger charge is -2.08. The molecule has 2 N–H and O–H groups in total. The molecule has 0 aromatic heterocycles. The maximum atomic E-state index is 5.76. The SMILES string of the molecule is Cc1cccc(Oc2cc(C)cc(N)c2)c1. The molecule has 82 valence electrons. The number of benzene rings is 2. The molecule has 0 radical (unpaired) electrons. The second-order valence-corrected chi connectivity index (χ2v) is 4.00. The maximum absolute atomic E-state index is 5.76. The van der Waals surface area contributed by atoms with Crippen molar-refractivity contribution in [1.82, 2.24) is 0 Å². The molecule has 16 heavy (non-hydrogen) atoms. The number of aryl methyl sites for hydroxylation is 2. The number of nitrogen functional groups attached to an aromatic ring is 1. The van der Waals surface area contributed by atoms with E-state index in [9.17, 15) is 0 Å². The zero-order valence-electron chi connectivity index (χ0n) is 9.53. The number of rotatable bonds is 2. The van der Waals surface area contributed by atoms with E-state index in [2.05, 4.69) is 0 Å². The molecule has 0 aliphatic rings. The van der Waals surface area contributed by atoms with Crippen molar-refractivity contribution in [2.75, 3.05) is 5.73 Å². The van der Waals surface area contributed by atoms with E-state index in [4.69, 9.17) is 10.5 Å². The van der Waals surface area contributed by atoms with Crippen LogP contribution < -0.4 is 10.5 Å². The Labute approximate surface area is 95.7 Å². The number of hydrogen-bond acceptors (Lipinski definition) is 2. The minimum atomic E-state index is 0.725. The van der Waals surface area contributed by atoms with Gasteiger partial charge >= 0.3 is 0 Å². The number of anilines is 1. The highest BCUT2D eigenvalue weighted by atomic mass is 16.5. The van der Waals surface area contributed by atoms with Crippen molar-refractivity contribution in [3.63, 3.8) is 0 Å². The Kier molecular flexibility index (Phi) is 2.82. The van der Waals surface area contributed by atoms with Gasteiger partial charge < -0.3 is 10.5 Å². The average molecular weight is 213 g/mol. The van der Waals surface area contributed by atoms with Crippen LogP contribution in [-0.2, 0) is 0 Å². The fraction of sp³-hybridized carbons (Fsp3) is 0.143. The molecule has 2 heteroatoms. The smallest absolute Gasteiger partial charge is 0.129 e. The fourth-order valence-corrected chi connectivity index (χ4v) is 1.65. The standard InChI is InChI=1S/C14H15NO/c1-10-4-3-5-13(7-10)16-14-8-11(2)6-12(15)9-14/h3-9H,15H2,1-2H3. The Morgan fingerprint density at radius 3 is 2.31 bits per heavy atom. The first kappa shape index (κ1) is 10.6. The summed E-state index contributed by atoms with van der Waals surface area (Å²) in [6, 6.07) is 13.7. The van der Waals surface area contributed by atoms with Gasteiger partial charge in [-0.05, 0) is 49.2 Å². The summed E-state index contributed by atoms with van der Waals surface area (Å²) in [7, 11) is 0. The predicted octanol–water partition coefficient (Wildman–Crippen LogP) is 3.68. The quantitative estimate of drug-likeness (QED) is 0.772. The van der Waals surface area contributed by atoms with Crippen LogP contribution in [0, 0.1) is 13.8 Å². The van der Waals surface area contributed by atoms with Gasteiger partial charge in [0.25, 0.3) is 0 Å². The fourth-order valence-electron chi connectivity index (χ4n) is 1.65. The van der Waals surface area contributed by atoms with Gasteiger partial charge in [-0.25, -0.2) is 0 Å². The minimum absolute atomic E-state index is 0.725. The first-order chi connectivity index (χ1) is 7.63. The lowest BCUT2D eigenvalue weighted by atomic mass is 10.2. The van der Waals surface area contributed by atoms with E-state index < -0.39 is 0 Å². The van der Waals surface area contributed by atoms with Gasteiger partial charge in [-0.15, -0.1) is 0 Å². The van der Waals surface area contributed by atoms with Gasteiger partial charge in [-0.1, -0.05) is 12.1 Å². The number of hydrogen-bond donors (Lipinski definition) is 1. The summed E-state index contributed by atoms with van der Waals surface area (Å²) < 4.78 is 5.74. The van der Waals surface area contributed by atoms with Crippen molar-refractivity contribution in [1.29, 1.82) is 0 Å². The molecule has 0 saturated heterocycles. The Morgan fingerprint density at radius 2 is 1.62 bits per heavy atom. The molecular weight excluding hydrogens is 198 g/mol. The zero-order chi connectivity index (χ0) is 11.5. The van der Waals surface area contributed by atoms with E-state index in [-0.39, 0.29) is 0 Å². The Hall–Kier alpha value is -1.96. The highest BCUT2D eigenvalue weighted by Gasteiger charge is 1.99. The summed E-state index contributed by atoms with van der Waals surface area (Å²) in [4.78, 5) is 0. The molecule has 0 bridgehead atoms. The second-order valence-electron chi connectivity index (χ2n) is 4.00. The van der Waals surface area contributed by atoms with Crippen molar-refractivity contribution in [3.05, 3.63) is 53.6 Å². The van der Waals surface area contributed by atoms with Gasteiger partial charge in [0.15, 0.2) is 0 Å². The summed E-state index contributed by atoms with van der Waals surface area (Å²) in [6.45, 7) is 4.04. The van der Waals surface area contributed by atoms with Crippen LogP contribution in [0.15, 0.2) is 42.5 Å². The van der Waals surface area contributed by atoms with Crippen LogP contribution in [0.4, 0.5) is 5.69 Å². The van der Waals surface area contributed by atoms with E-state index in [1.165, 1.54) is 5.56 Å². The highest BCUT2D eigenvalue weighted by Crippen LogP contribution is 2.25. The van der Waals surface area contributed by atoms with Crippen LogP contribution in [0.5, 0.6) is 11.5 Å². The number of ether oxygens (including phenoxy) is 1. The van der Waals surface area contributed by atoms with E-state index in [0.717, 1.165) is 22.7 Å². The lowest BCUT2D eigenvalue weighted by Crippen LogP contribution is -1.89. The predicted molar refractivity (Wildman–Crippen MR) is 66.8 cm³/mol. The molecule has 2 rings (SSSR count). The van der Waals surface area contributed by atoms with E-state index in [1.807, 2.05) is 56.3 Å². The summed E-state index contributed by atoms with van der Waals surface area (Å²) in [5.74, 6) is 1.62. The summed E-state index contributed by atoms with van der Waals surface area (Å²) >= 11 is 0. The van der Waals surface area contributed by atoms with Crippen molar-refractivity contribution < 1.29 is 4.74 Å². The molecule has 0 aliphatic carbocycles. The van der Waals surface area contributed by atoms with Gasteiger partial charge in [-0.2, -0.15) is 0 Å². The highest BCUT2D eigenvalue weighted by molar-refractivity contribution is 5.48. The van der Waals surface area contributed by atoms with E-state index >= 15 is 0 Å². The molecule has 2 nitrogen and oxygen atoms in total. The largest absolute Gasteiger partial charge is 0.457 e.